The van der Waals surface area contributed by atoms with E-state index in [9.17, 15) is 14.4 Å². The van der Waals surface area contributed by atoms with E-state index in [0.717, 1.165) is 18.8 Å². The molecule has 0 heterocycles. The van der Waals surface area contributed by atoms with Crippen LogP contribution in [0.4, 0.5) is 0 Å². The molecule has 0 saturated heterocycles. The van der Waals surface area contributed by atoms with Gasteiger partial charge in [-0.3, -0.25) is 4.79 Å². The quantitative estimate of drug-likeness (QED) is 0.306. The zero-order valence-electron chi connectivity index (χ0n) is 10.2. The monoisotopic (exact) mass is 256 g/mol. The number of hydrogen-bond acceptors (Lipinski definition) is 5. The topological polar surface area (TPSA) is 89.9 Å². The van der Waals surface area contributed by atoms with Crippen LogP contribution in [-0.2, 0) is 23.9 Å². The van der Waals surface area contributed by atoms with E-state index in [1.165, 1.54) is 0 Å². The van der Waals surface area contributed by atoms with Crippen LogP contribution in [0.3, 0.4) is 0 Å². The summed E-state index contributed by atoms with van der Waals surface area (Å²) in [5.41, 5.74) is -0.288. The van der Waals surface area contributed by atoms with Gasteiger partial charge < -0.3 is 14.6 Å². The molecule has 0 aliphatic rings. The summed E-state index contributed by atoms with van der Waals surface area (Å²) in [6.45, 7) is 5.32. The number of ether oxygens (including phenoxy) is 2. The first-order valence-electron chi connectivity index (χ1n) is 5.42. The maximum Gasteiger partial charge on any atom is 0.339 e. The molecular weight excluding hydrogens is 240 g/mol. The van der Waals surface area contributed by atoms with Gasteiger partial charge in [0.05, 0.1) is 24.9 Å². The van der Waals surface area contributed by atoms with Crippen molar-refractivity contribution < 1.29 is 29.0 Å². The van der Waals surface area contributed by atoms with E-state index < -0.39 is 24.3 Å². The summed E-state index contributed by atoms with van der Waals surface area (Å²) in [6, 6.07) is 0. The molecule has 6 heteroatoms. The molecule has 100 valence electrons. The molecule has 0 fully saturated rings. The van der Waals surface area contributed by atoms with Crippen molar-refractivity contribution in [3.05, 3.63) is 24.5 Å². The van der Waals surface area contributed by atoms with Gasteiger partial charge in [0.1, 0.15) is 0 Å². The van der Waals surface area contributed by atoms with E-state index >= 15 is 0 Å². The molecule has 0 radical (unpaired) electrons. The molecule has 0 aromatic rings. The lowest BCUT2D eigenvalue weighted by molar-refractivity contribution is -0.141. The van der Waals surface area contributed by atoms with Crippen LogP contribution in [0, 0.1) is 0 Å². The highest BCUT2D eigenvalue weighted by Gasteiger charge is 2.16. The van der Waals surface area contributed by atoms with Gasteiger partial charge in [-0.1, -0.05) is 19.9 Å². The summed E-state index contributed by atoms with van der Waals surface area (Å²) in [6.07, 6.45) is 2.63. The average molecular weight is 256 g/mol. The standard InChI is InChI=1S/C12H16O6/c1-3-5-6-18-11(15)8-9(7-10(13)14)12(16)17-4-2/h4,8H,2-3,5-7H2,1H3,(H,13,14)/b9-8-. The molecule has 0 unspecified atom stereocenters. The minimum atomic E-state index is -1.25. The molecule has 0 aliphatic heterocycles. The lowest BCUT2D eigenvalue weighted by Crippen LogP contribution is -2.12. The van der Waals surface area contributed by atoms with E-state index in [1.807, 2.05) is 6.92 Å². The maximum atomic E-state index is 11.3. The Balaban J connectivity index is 4.61. The van der Waals surface area contributed by atoms with E-state index in [2.05, 4.69) is 11.3 Å². The predicted molar refractivity (Wildman–Crippen MR) is 62.5 cm³/mol. The van der Waals surface area contributed by atoms with Gasteiger partial charge in [-0.05, 0) is 6.42 Å². The minimum Gasteiger partial charge on any atom is -0.481 e. The van der Waals surface area contributed by atoms with Crippen LogP contribution in [0.25, 0.3) is 0 Å². The number of aliphatic carboxylic acids is 1. The normalized spacial score (nSPS) is 10.6. The molecule has 0 amide bonds. The van der Waals surface area contributed by atoms with Crippen molar-refractivity contribution >= 4 is 17.9 Å². The zero-order valence-corrected chi connectivity index (χ0v) is 10.2. The molecule has 6 nitrogen and oxygen atoms in total. The molecular formula is C12H16O6. The predicted octanol–water partition coefficient (Wildman–Crippen LogP) is 1.42. The van der Waals surface area contributed by atoms with Crippen LogP contribution < -0.4 is 0 Å². The Bertz CT molecular complexity index is 356. The van der Waals surface area contributed by atoms with Crippen LogP contribution in [0.2, 0.25) is 0 Å². The summed E-state index contributed by atoms with van der Waals surface area (Å²) >= 11 is 0. The van der Waals surface area contributed by atoms with E-state index in [1.54, 1.807) is 0 Å². The number of hydrogen-bond donors (Lipinski definition) is 1. The first kappa shape index (κ1) is 15.9. The fraction of sp³-hybridized carbons (Fsp3) is 0.417. The number of carbonyl (C=O) groups excluding carboxylic acids is 2. The maximum absolute atomic E-state index is 11.3. The second-order valence-electron chi connectivity index (χ2n) is 3.33. The summed E-state index contributed by atoms with van der Waals surface area (Å²) in [5.74, 6) is -2.94. The van der Waals surface area contributed by atoms with Crippen molar-refractivity contribution in [2.45, 2.75) is 26.2 Å². The van der Waals surface area contributed by atoms with Gasteiger partial charge in [-0.15, -0.1) is 0 Å². The average Bonchev–Trinajstić information content (AvgIpc) is 2.28. The van der Waals surface area contributed by atoms with Crippen molar-refractivity contribution in [1.82, 2.24) is 0 Å². The van der Waals surface area contributed by atoms with Gasteiger partial charge in [0.2, 0.25) is 0 Å². The van der Waals surface area contributed by atoms with Crippen LogP contribution in [0.1, 0.15) is 26.2 Å². The molecule has 0 rings (SSSR count). The lowest BCUT2D eigenvalue weighted by Gasteiger charge is -2.03. The van der Waals surface area contributed by atoms with E-state index in [4.69, 9.17) is 9.84 Å². The van der Waals surface area contributed by atoms with Crippen molar-refractivity contribution in [1.29, 1.82) is 0 Å². The van der Waals surface area contributed by atoms with Gasteiger partial charge in [-0.2, -0.15) is 0 Å². The highest BCUT2D eigenvalue weighted by Crippen LogP contribution is 2.06. The summed E-state index contributed by atoms with van der Waals surface area (Å²) < 4.78 is 9.20. The molecule has 0 aromatic carbocycles. The molecule has 0 bridgehead atoms. The van der Waals surface area contributed by atoms with Crippen LogP contribution in [0.5, 0.6) is 0 Å². The Morgan fingerprint density at radius 2 is 2.00 bits per heavy atom. The van der Waals surface area contributed by atoms with Gasteiger partial charge >= 0.3 is 17.9 Å². The molecule has 0 atom stereocenters. The Kier molecular flexibility index (Phi) is 7.92. The number of esters is 2. The number of carbonyl (C=O) groups is 3. The molecule has 0 aromatic heterocycles. The van der Waals surface area contributed by atoms with Gasteiger partial charge in [0, 0.05) is 6.08 Å². The minimum absolute atomic E-state index is 0.225. The molecule has 0 aliphatic carbocycles. The Morgan fingerprint density at radius 1 is 1.33 bits per heavy atom. The number of unbranched alkanes of at least 4 members (excludes halogenated alkanes) is 1. The Hall–Kier alpha value is -2.11. The van der Waals surface area contributed by atoms with Crippen molar-refractivity contribution in [3.63, 3.8) is 0 Å². The SMILES string of the molecule is C=COC(=O)/C(=C\C(=O)OCCCC)CC(=O)O. The largest absolute Gasteiger partial charge is 0.481 e. The van der Waals surface area contributed by atoms with E-state index in [0.29, 0.717) is 6.42 Å². The van der Waals surface area contributed by atoms with Gasteiger partial charge in [-0.25, -0.2) is 9.59 Å². The van der Waals surface area contributed by atoms with E-state index in [-0.39, 0.29) is 12.2 Å². The zero-order chi connectivity index (χ0) is 14.0. The second kappa shape index (κ2) is 8.98. The number of carboxylic acid groups (broad SMARTS) is 1. The van der Waals surface area contributed by atoms with Gasteiger partial charge in [0.15, 0.2) is 0 Å². The highest BCUT2D eigenvalue weighted by molar-refractivity contribution is 5.99. The third kappa shape index (κ3) is 7.21. The first-order valence-corrected chi connectivity index (χ1v) is 5.42. The van der Waals surface area contributed by atoms with Crippen molar-refractivity contribution in [3.8, 4) is 0 Å². The lowest BCUT2D eigenvalue weighted by atomic mass is 10.2. The third-order valence-electron chi connectivity index (χ3n) is 1.83. The highest BCUT2D eigenvalue weighted by atomic mass is 16.5. The number of rotatable bonds is 8. The fourth-order valence-electron chi connectivity index (χ4n) is 0.997. The molecule has 1 N–H and O–H groups in total. The first-order chi connectivity index (χ1) is 8.51. The fourth-order valence-corrected chi connectivity index (χ4v) is 0.997. The van der Waals surface area contributed by atoms with Crippen LogP contribution >= 0.6 is 0 Å². The smallest absolute Gasteiger partial charge is 0.339 e. The Morgan fingerprint density at radius 3 is 2.50 bits per heavy atom. The Labute approximate surface area is 105 Å². The summed E-state index contributed by atoms with van der Waals surface area (Å²) in [5, 5.41) is 8.60. The summed E-state index contributed by atoms with van der Waals surface area (Å²) in [7, 11) is 0. The van der Waals surface area contributed by atoms with Gasteiger partial charge in [0.25, 0.3) is 0 Å². The second-order valence-corrected chi connectivity index (χ2v) is 3.33. The van der Waals surface area contributed by atoms with Crippen LogP contribution in [0.15, 0.2) is 24.5 Å². The molecule has 18 heavy (non-hydrogen) atoms. The molecule has 0 saturated carbocycles. The van der Waals surface area contributed by atoms with Crippen molar-refractivity contribution in [2.24, 2.45) is 0 Å². The third-order valence-corrected chi connectivity index (χ3v) is 1.83. The van der Waals surface area contributed by atoms with Crippen LogP contribution in [-0.4, -0.2) is 29.6 Å². The van der Waals surface area contributed by atoms with Crippen molar-refractivity contribution in [2.75, 3.05) is 6.61 Å². The molecule has 0 spiro atoms. The number of carboxylic acids is 1. The summed E-state index contributed by atoms with van der Waals surface area (Å²) in [4.78, 5) is 33.1.